The summed E-state index contributed by atoms with van der Waals surface area (Å²) in [6, 6.07) is 7.31. The van der Waals surface area contributed by atoms with Crippen LogP contribution in [-0.4, -0.2) is 80.2 Å². The van der Waals surface area contributed by atoms with Crippen molar-refractivity contribution in [1.29, 1.82) is 0 Å². The van der Waals surface area contributed by atoms with E-state index < -0.39 is 5.60 Å². The van der Waals surface area contributed by atoms with E-state index in [4.69, 9.17) is 9.47 Å². The minimum absolute atomic E-state index is 0. The number of piperazine rings is 1. The molecule has 8 heteroatoms. The lowest BCUT2D eigenvalue weighted by molar-refractivity contribution is -0.159. The molecule has 3 rings (SSSR count). The van der Waals surface area contributed by atoms with Crippen LogP contribution in [0.15, 0.2) is 24.3 Å². The van der Waals surface area contributed by atoms with Crippen molar-refractivity contribution < 1.29 is 19.1 Å². The van der Waals surface area contributed by atoms with Gasteiger partial charge in [0.2, 0.25) is 0 Å². The van der Waals surface area contributed by atoms with Crippen LogP contribution in [0.2, 0.25) is 0 Å². The van der Waals surface area contributed by atoms with E-state index >= 15 is 0 Å². The number of hydrogen-bond donors (Lipinski definition) is 1. The first-order valence-electron chi connectivity index (χ1n) is 9.67. The molecule has 2 aliphatic heterocycles. The van der Waals surface area contributed by atoms with Gasteiger partial charge in [-0.3, -0.25) is 9.59 Å². The van der Waals surface area contributed by atoms with Gasteiger partial charge in [-0.2, -0.15) is 0 Å². The first kappa shape index (κ1) is 22.5. The van der Waals surface area contributed by atoms with Crippen LogP contribution in [0.5, 0.6) is 5.75 Å². The Morgan fingerprint density at radius 3 is 2.29 bits per heavy atom. The summed E-state index contributed by atoms with van der Waals surface area (Å²) in [4.78, 5) is 29.6. The summed E-state index contributed by atoms with van der Waals surface area (Å²) >= 11 is 0. The molecule has 7 nitrogen and oxygen atoms in total. The van der Waals surface area contributed by atoms with Gasteiger partial charge in [0.15, 0.2) is 0 Å². The number of carbonyl (C=O) groups is 2. The summed E-state index contributed by atoms with van der Waals surface area (Å²) in [5.74, 6) is 0.610. The standard InChI is InChI=1S/C20H29N3O4.ClH/c1-3-27-17-7-5-4-6-16(17)18(24)22-12-14-23(15-13-22)19(25)20(26-2)8-10-21-11-9-20;/h4-7,21H,3,8-15H2,1-2H3;1H. The number of halogens is 1. The lowest BCUT2D eigenvalue weighted by Crippen LogP contribution is -2.59. The number of hydrogen-bond acceptors (Lipinski definition) is 5. The Labute approximate surface area is 172 Å². The summed E-state index contributed by atoms with van der Waals surface area (Å²) < 4.78 is 11.2. The Morgan fingerprint density at radius 2 is 1.68 bits per heavy atom. The van der Waals surface area contributed by atoms with E-state index in [1.54, 1.807) is 18.1 Å². The van der Waals surface area contributed by atoms with Crippen molar-refractivity contribution in [2.45, 2.75) is 25.4 Å². The lowest BCUT2D eigenvalue weighted by atomic mass is 9.90. The van der Waals surface area contributed by atoms with Gasteiger partial charge in [0.25, 0.3) is 11.8 Å². The first-order chi connectivity index (χ1) is 13.1. The second-order valence-corrected chi connectivity index (χ2v) is 6.96. The predicted molar refractivity (Wildman–Crippen MR) is 109 cm³/mol. The van der Waals surface area contributed by atoms with Crippen LogP contribution in [-0.2, 0) is 9.53 Å². The molecule has 0 unspecified atom stereocenters. The monoisotopic (exact) mass is 411 g/mol. The Balaban J connectivity index is 0.00000280. The fourth-order valence-electron chi connectivity index (χ4n) is 3.83. The molecule has 0 bridgehead atoms. The lowest BCUT2D eigenvalue weighted by Gasteiger charge is -2.42. The highest BCUT2D eigenvalue weighted by Gasteiger charge is 2.43. The summed E-state index contributed by atoms with van der Waals surface area (Å²) in [6.07, 6.45) is 1.37. The van der Waals surface area contributed by atoms with Gasteiger partial charge in [-0.15, -0.1) is 12.4 Å². The Hall–Kier alpha value is -1.83. The Bertz CT molecular complexity index is 671. The number of nitrogens with one attached hydrogen (secondary N) is 1. The van der Waals surface area contributed by atoms with Crippen LogP contribution in [0, 0.1) is 0 Å². The number of carbonyl (C=O) groups excluding carboxylic acids is 2. The van der Waals surface area contributed by atoms with Crippen LogP contribution in [0.25, 0.3) is 0 Å². The summed E-state index contributed by atoms with van der Waals surface area (Å²) in [7, 11) is 1.62. The van der Waals surface area contributed by atoms with Crippen LogP contribution >= 0.6 is 12.4 Å². The maximum atomic E-state index is 13.0. The molecule has 0 atom stereocenters. The first-order valence-corrected chi connectivity index (χ1v) is 9.67. The molecule has 2 aliphatic rings. The molecular weight excluding hydrogens is 382 g/mol. The van der Waals surface area contributed by atoms with Crippen molar-refractivity contribution in [1.82, 2.24) is 15.1 Å². The van der Waals surface area contributed by atoms with Crippen molar-refractivity contribution in [3.8, 4) is 5.75 Å². The zero-order valence-corrected chi connectivity index (χ0v) is 17.4. The topological polar surface area (TPSA) is 71.1 Å². The van der Waals surface area contributed by atoms with Gasteiger partial charge in [-0.1, -0.05) is 12.1 Å². The highest BCUT2D eigenvalue weighted by atomic mass is 35.5. The van der Waals surface area contributed by atoms with Gasteiger partial charge in [0.05, 0.1) is 12.2 Å². The van der Waals surface area contributed by atoms with Gasteiger partial charge in [-0.05, 0) is 45.0 Å². The third-order valence-electron chi connectivity index (χ3n) is 5.46. The van der Waals surface area contributed by atoms with Gasteiger partial charge in [0, 0.05) is 33.3 Å². The molecule has 1 aromatic carbocycles. The molecule has 28 heavy (non-hydrogen) atoms. The summed E-state index contributed by atoms with van der Waals surface area (Å²) in [5.41, 5.74) is -0.148. The third-order valence-corrected chi connectivity index (χ3v) is 5.46. The highest BCUT2D eigenvalue weighted by molar-refractivity contribution is 5.97. The van der Waals surface area contributed by atoms with E-state index in [9.17, 15) is 9.59 Å². The molecule has 2 fully saturated rings. The van der Waals surface area contributed by atoms with E-state index in [0.29, 0.717) is 56.9 Å². The van der Waals surface area contributed by atoms with Gasteiger partial charge in [0.1, 0.15) is 11.4 Å². The van der Waals surface area contributed by atoms with Crippen LogP contribution in [0.3, 0.4) is 0 Å². The average molecular weight is 412 g/mol. The summed E-state index contributed by atoms with van der Waals surface area (Å²) in [6.45, 7) is 6.07. The van der Waals surface area contributed by atoms with Crippen molar-refractivity contribution in [2.24, 2.45) is 0 Å². The number of benzene rings is 1. The van der Waals surface area contributed by atoms with E-state index in [1.807, 2.05) is 30.0 Å². The third kappa shape index (κ3) is 4.59. The van der Waals surface area contributed by atoms with Crippen LogP contribution in [0.4, 0.5) is 0 Å². The molecular formula is C20H30ClN3O4. The second-order valence-electron chi connectivity index (χ2n) is 6.96. The molecule has 0 aromatic heterocycles. The number of piperidine rings is 1. The summed E-state index contributed by atoms with van der Waals surface area (Å²) in [5, 5.41) is 3.27. The van der Waals surface area contributed by atoms with E-state index in [-0.39, 0.29) is 24.2 Å². The van der Waals surface area contributed by atoms with Crippen LogP contribution < -0.4 is 10.1 Å². The molecule has 0 spiro atoms. The Kier molecular flexibility index (Phi) is 8.10. The maximum absolute atomic E-state index is 13.0. The SMILES string of the molecule is CCOc1ccccc1C(=O)N1CCN(C(=O)C2(OC)CCNCC2)CC1.Cl. The second kappa shape index (κ2) is 10.1. The van der Waals surface area contributed by atoms with Crippen molar-refractivity contribution in [3.05, 3.63) is 29.8 Å². The fraction of sp³-hybridized carbons (Fsp3) is 0.600. The minimum atomic E-state index is -0.723. The predicted octanol–water partition coefficient (Wildman–Crippen LogP) is 1.56. The van der Waals surface area contributed by atoms with Gasteiger partial charge in [-0.25, -0.2) is 0 Å². The van der Waals surface area contributed by atoms with Crippen molar-refractivity contribution in [3.63, 3.8) is 0 Å². The fourth-order valence-corrected chi connectivity index (χ4v) is 3.83. The van der Waals surface area contributed by atoms with Crippen molar-refractivity contribution in [2.75, 3.05) is 53.0 Å². The normalized spacial score (nSPS) is 18.9. The maximum Gasteiger partial charge on any atom is 0.257 e. The van der Waals surface area contributed by atoms with Crippen LogP contribution in [0.1, 0.15) is 30.1 Å². The number of para-hydroxylation sites is 1. The number of ether oxygens (including phenoxy) is 2. The molecule has 2 heterocycles. The van der Waals surface area contributed by atoms with E-state index in [0.717, 1.165) is 13.1 Å². The Morgan fingerprint density at radius 1 is 1.07 bits per heavy atom. The molecule has 0 aliphatic carbocycles. The molecule has 156 valence electrons. The largest absolute Gasteiger partial charge is 0.493 e. The van der Waals surface area contributed by atoms with Crippen molar-refractivity contribution >= 4 is 24.2 Å². The number of amides is 2. The molecule has 2 amide bonds. The van der Waals surface area contributed by atoms with E-state index in [1.165, 1.54) is 0 Å². The smallest absolute Gasteiger partial charge is 0.257 e. The van der Waals surface area contributed by atoms with Gasteiger partial charge >= 0.3 is 0 Å². The average Bonchev–Trinajstić information content (AvgIpc) is 2.74. The zero-order valence-electron chi connectivity index (χ0n) is 16.6. The quantitative estimate of drug-likeness (QED) is 0.796. The van der Waals surface area contributed by atoms with E-state index in [2.05, 4.69) is 5.32 Å². The highest BCUT2D eigenvalue weighted by Crippen LogP contribution is 2.26. The molecule has 1 N–H and O–H groups in total. The number of methoxy groups -OCH3 is 1. The molecule has 0 saturated carbocycles. The molecule has 2 saturated heterocycles. The number of rotatable bonds is 5. The number of nitrogens with zero attached hydrogens (tertiary/aromatic N) is 2. The molecule has 1 aromatic rings. The molecule has 0 radical (unpaired) electrons. The zero-order chi connectivity index (χ0) is 19.3. The van der Waals surface area contributed by atoms with Gasteiger partial charge < -0.3 is 24.6 Å². The minimum Gasteiger partial charge on any atom is -0.493 e.